The lowest BCUT2D eigenvalue weighted by Crippen LogP contribution is -2.14. The van der Waals surface area contributed by atoms with Crippen molar-refractivity contribution >= 4 is 74.6 Å². The number of fused-ring (bicyclic) bond motifs is 14. The molecule has 0 amide bonds. The van der Waals surface area contributed by atoms with E-state index in [1.807, 2.05) is 11.3 Å². The molecule has 0 nitrogen and oxygen atoms in total. The minimum absolute atomic E-state index is 0.0223. The molecule has 1 aliphatic carbocycles. The standard InChI is InChI=1S/C37H24S/c1-37(2)32-14-8-7-12-24(32)29-18-31-30-17-27-26-16-15-21-9-3-4-10-22(21)36(26)25-13-6-5-11-23(25)28(27)19-34(30)38-35(31)20-33(29)37/h3-20H,1-2H3. The van der Waals surface area contributed by atoms with E-state index in [0.29, 0.717) is 0 Å². The lowest BCUT2D eigenvalue weighted by atomic mass is 9.82. The fourth-order valence-corrected chi connectivity index (χ4v) is 8.33. The van der Waals surface area contributed by atoms with Gasteiger partial charge in [0, 0.05) is 25.6 Å². The second-order valence-corrected chi connectivity index (χ2v) is 12.4. The van der Waals surface area contributed by atoms with E-state index in [4.69, 9.17) is 0 Å². The van der Waals surface area contributed by atoms with Crippen LogP contribution in [0.2, 0.25) is 0 Å². The highest BCUT2D eigenvalue weighted by Gasteiger charge is 2.35. The molecule has 0 N–H and O–H groups in total. The van der Waals surface area contributed by atoms with E-state index < -0.39 is 0 Å². The van der Waals surface area contributed by atoms with Crippen molar-refractivity contribution in [3.8, 4) is 11.1 Å². The molecule has 0 saturated heterocycles. The normalized spacial score (nSPS) is 14.3. The summed E-state index contributed by atoms with van der Waals surface area (Å²) in [6, 6.07) is 41.2. The number of benzene rings is 7. The van der Waals surface area contributed by atoms with Gasteiger partial charge in [-0.15, -0.1) is 11.3 Å². The second-order valence-electron chi connectivity index (χ2n) is 11.3. The first kappa shape index (κ1) is 20.8. The molecule has 0 spiro atoms. The highest BCUT2D eigenvalue weighted by atomic mass is 32.1. The molecule has 1 heterocycles. The van der Waals surface area contributed by atoms with Crippen LogP contribution in [0, 0.1) is 0 Å². The van der Waals surface area contributed by atoms with Gasteiger partial charge in [-0.05, 0) is 89.6 Å². The van der Waals surface area contributed by atoms with Crippen molar-refractivity contribution in [3.63, 3.8) is 0 Å². The molecule has 1 heteroatoms. The summed E-state index contributed by atoms with van der Waals surface area (Å²) in [5, 5.41) is 13.4. The molecule has 9 rings (SSSR count). The zero-order chi connectivity index (χ0) is 25.2. The van der Waals surface area contributed by atoms with Crippen LogP contribution >= 0.6 is 11.3 Å². The van der Waals surface area contributed by atoms with E-state index in [-0.39, 0.29) is 5.41 Å². The van der Waals surface area contributed by atoms with Crippen molar-refractivity contribution in [2.75, 3.05) is 0 Å². The Kier molecular flexibility index (Phi) is 3.84. The Morgan fingerprint density at radius 2 is 1.11 bits per heavy atom. The van der Waals surface area contributed by atoms with Crippen LogP contribution in [0.15, 0.2) is 109 Å². The van der Waals surface area contributed by atoms with Gasteiger partial charge in [-0.2, -0.15) is 0 Å². The summed E-state index contributed by atoms with van der Waals surface area (Å²) < 4.78 is 2.75. The van der Waals surface area contributed by atoms with Gasteiger partial charge in [0.05, 0.1) is 0 Å². The summed E-state index contributed by atoms with van der Waals surface area (Å²) in [7, 11) is 0. The molecule has 0 aliphatic heterocycles. The van der Waals surface area contributed by atoms with Gasteiger partial charge in [0.1, 0.15) is 0 Å². The van der Waals surface area contributed by atoms with Crippen LogP contribution in [0.5, 0.6) is 0 Å². The van der Waals surface area contributed by atoms with Crippen molar-refractivity contribution in [1.29, 1.82) is 0 Å². The Morgan fingerprint density at radius 1 is 0.447 bits per heavy atom. The topological polar surface area (TPSA) is 0 Å². The maximum absolute atomic E-state index is 2.48. The van der Waals surface area contributed by atoms with Crippen LogP contribution in [0.1, 0.15) is 25.0 Å². The molecule has 0 radical (unpaired) electrons. The van der Waals surface area contributed by atoms with Crippen LogP contribution in [0.3, 0.4) is 0 Å². The average Bonchev–Trinajstić information content (AvgIpc) is 3.42. The monoisotopic (exact) mass is 500 g/mol. The zero-order valence-electron chi connectivity index (χ0n) is 21.3. The maximum Gasteiger partial charge on any atom is 0.0362 e. The van der Waals surface area contributed by atoms with Crippen molar-refractivity contribution in [2.45, 2.75) is 19.3 Å². The van der Waals surface area contributed by atoms with E-state index >= 15 is 0 Å². The van der Waals surface area contributed by atoms with E-state index in [9.17, 15) is 0 Å². The molecule has 0 fully saturated rings. The summed E-state index contributed by atoms with van der Waals surface area (Å²) in [4.78, 5) is 0. The van der Waals surface area contributed by atoms with Crippen molar-refractivity contribution < 1.29 is 0 Å². The predicted octanol–water partition coefficient (Wildman–Crippen LogP) is 11.0. The van der Waals surface area contributed by atoms with Gasteiger partial charge in [0.2, 0.25) is 0 Å². The van der Waals surface area contributed by atoms with Gasteiger partial charge in [0.25, 0.3) is 0 Å². The number of hydrogen-bond acceptors (Lipinski definition) is 1. The second kappa shape index (κ2) is 7.01. The van der Waals surface area contributed by atoms with E-state index in [2.05, 4.69) is 123 Å². The maximum atomic E-state index is 2.48. The first-order valence-electron chi connectivity index (χ1n) is 13.4. The van der Waals surface area contributed by atoms with E-state index in [0.717, 1.165) is 0 Å². The molecular weight excluding hydrogens is 476 g/mol. The van der Waals surface area contributed by atoms with Crippen LogP contribution < -0.4 is 0 Å². The van der Waals surface area contributed by atoms with Crippen LogP contribution in [0.25, 0.3) is 74.4 Å². The Hall–Kier alpha value is -4.20. The average molecular weight is 501 g/mol. The van der Waals surface area contributed by atoms with Crippen LogP contribution in [0.4, 0.5) is 0 Å². The summed E-state index contributed by atoms with van der Waals surface area (Å²) >= 11 is 1.94. The molecule has 0 unspecified atom stereocenters. The summed E-state index contributed by atoms with van der Waals surface area (Å²) in [5.74, 6) is 0. The van der Waals surface area contributed by atoms with E-state index in [1.54, 1.807) is 0 Å². The zero-order valence-corrected chi connectivity index (χ0v) is 22.1. The fraction of sp³-hybridized carbons (Fsp3) is 0.0811. The molecule has 8 aromatic rings. The number of rotatable bonds is 0. The summed E-state index contributed by atoms with van der Waals surface area (Å²) in [5.41, 5.74) is 5.69. The highest BCUT2D eigenvalue weighted by molar-refractivity contribution is 7.26. The minimum Gasteiger partial charge on any atom is -0.135 e. The quantitative estimate of drug-likeness (QED) is 0.182. The van der Waals surface area contributed by atoms with Gasteiger partial charge in [-0.25, -0.2) is 0 Å². The molecule has 178 valence electrons. The third-order valence-corrected chi connectivity index (χ3v) is 10.1. The van der Waals surface area contributed by atoms with E-state index in [1.165, 1.54) is 85.5 Å². The minimum atomic E-state index is 0.0223. The van der Waals surface area contributed by atoms with Gasteiger partial charge in [-0.3, -0.25) is 0 Å². The molecule has 0 atom stereocenters. The van der Waals surface area contributed by atoms with Gasteiger partial charge >= 0.3 is 0 Å². The molecule has 0 saturated carbocycles. The lowest BCUT2D eigenvalue weighted by molar-refractivity contribution is 0.661. The molecule has 7 aromatic carbocycles. The number of hydrogen-bond donors (Lipinski definition) is 0. The smallest absolute Gasteiger partial charge is 0.0362 e. The summed E-state index contributed by atoms with van der Waals surface area (Å²) in [6.07, 6.45) is 0. The lowest BCUT2D eigenvalue weighted by Gasteiger charge is -2.21. The fourth-order valence-electron chi connectivity index (χ4n) is 7.18. The summed E-state index contributed by atoms with van der Waals surface area (Å²) in [6.45, 7) is 4.74. The van der Waals surface area contributed by atoms with Crippen LogP contribution in [-0.2, 0) is 5.41 Å². The Bertz CT molecular complexity index is 2310. The van der Waals surface area contributed by atoms with Crippen molar-refractivity contribution in [2.24, 2.45) is 0 Å². The first-order valence-corrected chi connectivity index (χ1v) is 14.2. The van der Waals surface area contributed by atoms with Gasteiger partial charge in [0.15, 0.2) is 0 Å². The third-order valence-electron chi connectivity index (χ3n) is 9.02. The van der Waals surface area contributed by atoms with Crippen LogP contribution in [-0.4, -0.2) is 0 Å². The third kappa shape index (κ3) is 2.50. The largest absolute Gasteiger partial charge is 0.135 e. The molecule has 1 aliphatic rings. The Morgan fingerprint density at radius 3 is 2.00 bits per heavy atom. The molecule has 0 bridgehead atoms. The molecular formula is C37H24S. The molecule has 1 aromatic heterocycles. The van der Waals surface area contributed by atoms with Crippen molar-refractivity contribution in [3.05, 3.63) is 120 Å². The Balaban J connectivity index is 1.46. The number of thiophene rings is 1. The van der Waals surface area contributed by atoms with Gasteiger partial charge in [-0.1, -0.05) is 98.8 Å². The molecule has 38 heavy (non-hydrogen) atoms. The Labute approximate surface area is 224 Å². The first-order chi connectivity index (χ1) is 18.6. The highest BCUT2D eigenvalue weighted by Crippen LogP contribution is 2.52. The van der Waals surface area contributed by atoms with Gasteiger partial charge < -0.3 is 0 Å². The predicted molar refractivity (Wildman–Crippen MR) is 167 cm³/mol. The van der Waals surface area contributed by atoms with Crippen molar-refractivity contribution in [1.82, 2.24) is 0 Å². The SMILES string of the molecule is CC1(C)c2ccccc2-c2cc3c(cc21)sc1cc2c4ccccc4c4c5ccccc5ccc4c2cc13.